The number of nitrogens with one attached hydrogen (secondary N) is 2. The maximum Gasteiger partial charge on any atom is 0.459 e. The summed E-state index contributed by atoms with van der Waals surface area (Å²) in [5.41, 5.74) is -0.979. The molecule has 1 aliphatic rings. The second kappa shape index (κ2) is 10.6. The zero-order valence-electron chi connectivity index (χ0n) is 18.6. The van der Waals surface area contributed by atoms with Crippen LogP contribution in [0.25, 0.3) is 0 Å². The van der Waals surface area contributed by atoms with Crippen molar-refractivity contribution in [3.8, 4) is 5.75 Å². The number of rotatable bonds is 9. The van der Waals surface area contributed by atoms with E-state index in [2.05, 4.69) is 14.8 Å². The van der Waals surface area contributed by atoms with E-state index < -0.39 is 61.9 Å². The molecule has 14 heteroatoms. The molecule has 1 aromatic carbocycles. The summed E-state index contributed by atoms with van der Waals surface area (Å²) in [5, 5.41) is 12.8. The predicted molar refractivity (Wildman–Crippen MR) is 116 cm³/mol. The molecule has 1 saturated heterocycles. The van der Waals surface area contributed by atoms with Gasteiger partial charge in [-0.3, -0.25) is 23.7 Å². The SMILES string of the molecule is COC(=O)[C@H](C)NP(=O)(OCC1O[C@@H](n2cc(C)c(=O)[nH]c2=O)C[C@H]1O)Oc1ccc(F)cc1. The number of hydrogen-bond donors (Lipinski definition) is 3. The van der Waals surface area contributed by atoms with Gasteiger partial charge in [0, 0.05) is 18.2 Å². The van der Waals surface area contributed by atoms with Gasteiger partial charge in [0.1, 0.15) is 29.9 Å². The smallest absolute Gasteiger partial charge is 0.459 e. The first kappa shape index (κ1) is 25.8. The lowest BCUT2D eigenvalue weighted by Crippen LogP contribution is -2.36. The average molecular weight is 501 g/mol. The molecule has 0 bridgehead atoms. The van der Waals surface area contributed by atoms with Gasteiger partial charge >= 0.3 is 19.4 Å². The van der Waals surface area contributed by atoms with Crippen molar-refractivity contribution in [2.75, 3.05) is 13.7 Å². The molecule has 3 rings (SSSR count). The van der Waals surface area contributed by atoms with E-state index in [4.69, 9.17) is 13.8 Å². The summed E-state index contributed by atoms with van der Waals surface area (Å²) >= 11 is 0. The number of aliphatic hydroxyl groups is 1. The van der Waals surface area contributed by atoms with Gasteiger partial charge in [-0.2, -0.15) is 5.09 Å². The van der Waals surface area contributed by atoms with Crippen LogP contribution in [-0.4, -0.2) is 52.6 Å². The number of aliphatic hydroxyl groups excluding tert-OH is 1. The number of methoxy groups -OCH3 is 1. The molecule has 1 aliphatic heterocycles. The number of carbonyl (C=O) groups excluding carboxylic acids is 1. The first-order chi connectivity index (χ1) is 16.0. The molecule has 1 fully saturated rings. The van der Waals surface area contributed by atoms with E-state index >= 15 is 0 Å². The van der Waals surface area contributed by atoms with E-state index in [1.165, 1.54) is 32.2 Å². The number of esters is 1. The van der Waals surface area contributed by atoms with Gasteiger partial charge in [-0.15, -0.1) is 0 Å². The highest BCUT2D eigenvalue weighted by Crippen LogP contribution is 2.46. The number of aryl methyl sites for hydroxylation is 1. The maximum atomic E-state index is 13.4. The van der Waals surface area contributed by atoms with E-state index in [1.54, 1.807) is 0 Å². The van der Waals surface area contributed by atoms with Gasteiger partial charge in [0.05, 0.1) is 19.8 Å². The first-order valence-corrected chi connectivity index (χ1v) is 11.8. The number of carbonyl (C=O) groups is 1. The number of H-pyrrole nitrogens is 1. The molecule has 5 atom stereocenters. The minimum absolute atomic E-state index is 0.00432. The molecule has 34 heavy (non-hydrogen) atoms. The fraction of sp³-hybridized carbons (Fsp3) is 0.450. The van der Waals surface area contributed by atoms with E-state index in [0.29, 0.717) is 0 Å². The third-order valence-corrected chi connectivity index (χ3v) is 6.66. The number of halogens is 1. The van der Waals surface area contributed by atoms with Crippen LogP contribution in [-0.2, 0) is 23.4 Å². The summed E-state index contributed by atoms with van der Waals surface area (Å²) in [6.07, 6.45) is -1.74. The number of nitrogens with zero attached hydrogens (tertiary/aromatic N) is 1. The van der Waals surface area contributed by atoms with Crippen molar-refractivity contribution in [3.63, 3.8) is 0 Å². The van der Waals surface area contributed by atoms with Crippen LogP contribution in [0.1, 0.15) is 25.1 Å². The van der Waals surface area contributed by atoms with Crippen LogP contribution >= 0.6 is 7.75 Å². The van der Waals surface area contributed by atoms with Crippen molar-refractivity contribution in [2.24, 2.45) is 0 Å². The molecule has 0 saturated carbocycles. The van der Waals surface area contributed by atoms with Crippen LogP contribution < -0.4 is 20.9 Å². The number of aromatic amines is 1. The highest BCUT2D eigenvalue weighted by molar-refractivity contribution is 7.52. The standard InChI is InChI=1S/C20H25FN3O9P/c1-11-9-24(20(28)22-18(11)26)17-8-15(25)16(32-17)10-31-34(29,23-12(2)19(27)30-3)33-14-6-4-13(21)5-7-14/h4-7,9,12,15-17,25H,8,10H2,1-3H3,(H,23,29)(H,22,26,28)/t12-,15+,16?,17+,34?/m0/s1. The monoisotopic (exact) mass is 501 g/mol. The Balaban J connectivity index is 1.74. The van der Waals surface area contributed by atoms with Crippen molar-refractivity contribution >= 4 is 13.7 Å². The van der Waals surface area contributed by atoms with Gasteiger partial charge in [-0.1, -0.05) is 0 Å². The molecular weight excluding hydrogens is 476 g/mol. The summed E-state index contributed by atoms with van der Waals surface area (Å²) in [6, 6.07) is 3.51. The van der Waals surface area contributed by atoms with Crippen molar-refractivity contribution in [3.05, 3.63) is 62.7 Å². The first-order valence-electron chi connectivity index (χ1n) is 10.2. The van der Waals surface area contributed by atoms with E-state index in [0.717, 1.165) is 23.8 Å². The Labute approximate surface area is 193 Å². The predicted octanol–water partition coefficient (Wildman–Crippen LogP) is 0.987. The largest absolute Gasteiger partial charge is 0.468 e. The van der Waals surface area contributed by atoms with Crippen molar-refractivity contribution < 1.29 is 37.4 Å². The van der Waals surface area contributed by atoms with Gasteiger partial charge in [-0.25, -0.2) is 13.8 Å². The fourth-order valence-electron chi connectivity index (χ4n) is 3.20. The van der Waals surface area contributed by atoms with Gasteiger partial charge in [0.25, 0.3) is 5.56 Å². The average Bonchev–Trinajstić information content (AvgIpc) is 3.16. The topological polar surface area (TPSA) is 158 Å². The summed E-state index contributed by atoms with van der Waals surface area (Å²) in [4.78, 5) is 37.7. The molecule has 0 radical (unpaired) electrons. The van der Waals surface area contributed by atoms with Crippen molar-refractivity contribution in [1.29, 1.82) is 0 Å². The van der Waals surface area contributed by atoms with Crippen LogP contribution in [0.15, 0.2) is 40.1 Å². The van der Waals surface area contributed by atoms with E-state index in [9.17, 15) is 28.4 Å². The Kier molecular flexibility index (Phi) is 8.05. The van der Waals surface area contributed by atoms with Crippen LogP contribution in [0.5, 0.6) is 5.75 Å². The normalized spacial score (nSPS) is 22.7. The lowest BCUT2D eigenvalue weighted by atomic mass is 10.2. The van der Waals surface area contributed by atoms with Crippen molar-refractivity contribution in [1.82, 2.24) is 14.6 Å². The summed E-state index contributed by atoms with van der Waals surface area (Å²) in [6.45, 7) is 2.43. The van der Waals surface area contributed by atoms with Gasteiger partial charge in [0.2, 0.25) is 0 Å². The second-order valence-corrected chi connectivity index (χ2v) is 9.32. The van der Waals surface area contributed by atoms with Gasteiger partial charge < -0.3 is 19.1 Å². The number of aromatic nitrogens is 2. The Morgan fingerprint density at radius 2 is 2.06 bits per heavy atom. The quantitative estimate of drug-likeness (QED) is 0.334. The maximum absolute atomic E-state index is 13.4. The minimum Gasteiger partial charge on any atom is -0.468 e. The number of benzene rings is 1. The highest BCUT2D eigenvalue weighted by atomic mass is 31.2. The molecule has 0 amide bonds. The minimum atomic E-state index is -4.25. The van der Waals surface area contributed by atoms with E-state index in [1.807, 2.05) is 0 Å². The van der Waals surface area contributed by atoms with Gasteiger partial charge in [0.15, 0.2) is 0 Å². The molecule has 186 valence electrons. The Hall–Kier alpha value is -2.83. The highest BCUT2D eigenvalue weighted by Gasteiger charge is 2.39. The molecule has 12 nitrogen and oxygen atoms in total. The number of hydrogen-bond acceptors (Lipinski definition) is 9. The molecule has 2 heterocycles. The lowest BCUT2D eigenvalue weighted by Gasteiger charge is -2.24. The molecule has 0 spiro atoms. The van der Waals surface area contributed by atoms with Crippen LogP contribution in [0, 0.1) is 12.7 Å². The number of ether oxygens (including phenoxy) is 2. The third-order valence-electron chi connectivity index (χ3n) is 5.01. The van der Waals surface area contributed by atoms with Gasteiger partial charge in [-0.05, 0) is 38.1 Å². The Morgan fingerprint density at radius 1 is 1.38 bits per heavy atom. The molecule has 2 unspecified atom stereocenters. The molecule has 2 aromatic rings. The van der Waals surface area contributed by atoms with E-state index in [-0.39, 0.29) is 17.7 Å². The third kappa shape index (κ3) is 6.19. The zero-order valence-corrected chi connectivity index (χ0v) is 19.5. The lowest BCUT2D eigenvalue weighted by molar-refractivity contribution is -0.142. The van der Waals surface area contributed by atoms with Crippen molar-refractivity contribution in [2.45, 2.75) is 44.7 Å². The summed E-state index contributed by atoms with van der Waals surface area (Å²) in [7, 11) is -3.11. The molecule has 3 N–H and O–H groups in total. The Morgan fingerprint density at radius 3 is 2.71 bits per heavy atom. The van der Waals surface area contributed by atoms with Crippen LogP contribution in [0.4, 0.5) is 4.39 Å². The molecule has 0 aliphatic carbocycles. The van der Waals surface area contributed by atoms with Crippen LogP contribution in [0.2, 0.25) is 0 Å². The zero-order chi connectivity index (χ0) is 25.0. The molecule has 1 aromatic heterocycles. The fourth-order valence-corrected chi connectivity index (χ4v) is 4.70. The summed E-state index contributed by atoms with van der Waals surface area (Å²) in [5.74, 6) is -1.29. The second-order valence-electron chi connectivity index (χ2n) is 7.62. The Bertz CT molecular complexity index is 1180. The van der Waals surface area contributed by atoms with Crippen LogP contribution in [0.3, 0.4) is 0 Å². The summed E-state index contributed by atoms with van der Waals surface area (Å²) < 4.78 is 48.8. The molecular formula is C20H25FN3O9P.